The predicted octanol–water partition coefficient (Wildman–Crippen LogP) is 1.21. The number of carbonyl (C=O) groups is 1. The van der Waals surface area contributed by atoms with Gasteiger partial charge in [0.1, 0.15) is 0 Å². The number of para-hydroxylation sites is 1. The Hall–Kier alpha value is -1.35. The van der Waals surface area contributed by atoms with Crippen molar-refractivity contribution in [3.05, 3.63) is 29.8 Å². The lowest BCUT2D eigenvalue weighted by molar-refractivity contribution is -0.125. The number of carbonyl (C=O) groups excluding carboxylic acids is 1. The lowest BCUT2D eigenvalue weighted by Crippen LogP contribution is -2.52. The van der Waals surface area contributed by atoms with E-state index < -0.39 is 0 Å². The third kappa shape index (κ3) is 1.06. The summed E-state index contributed by atoms with van der Waals surface area (Å²) in [5.74, 6) is 0.154. The quantitative estimate of drug-likeness (QED) is 0.663. The van der Waals surface area contributed by atoms with E-state index in [2.05, 4.69) is 16.3 Å². The highest BCUT2D eigenvalue weighted by Crippen LogP contribution is 2.28. The van der Waals surface area contributed by atoms with Crippen LogP contribution in [0.3, 0.4) is 0 Å². The number of nitrogens with one attached hydrogen (secondary N) is 1. The minimum atomic E-state index is 0.113. The molecule has 3 heteroatoms. The first-order valence-corrected chi connectivity index (χ1v) is 4.97. The fourth-order valence-electron chi connectivity index (χ4n) is 2.14. The van der Waals surface area contributed by atoms with Gasteiger partial charge in [0.2, 0.25) is 5.91 Å². The van der Waals surface area contributed by atoms with Crippen LogP contribution < -0.4 is 5.32 Å². The summed E-state index contributed by atoms with van der Waals surface area (Å²) in [6.07, 6.45) is 1.000. The number of nitrogens with zero attached hydrogens (tertiary/aromatic N) is 1. The molecule has 1 N–H and O–H groups in total. The molecule has 2 aliphatic rings. The summed E-state index contributed by atoms with van der Waals surface area (Å²) in [5, 5.41) is 2.97. The van der Waals surface area contributed by atoms with E-state index in [1.165, 1.54) is 5.56 Å². The third-order valence-electron chi connectivity index (χ3n) is 3.08. The van der Waals surface area contributed by atoms with E-state index in [-0.39, 0.29) is 11.9 Å². The van der Waals surface area contributed by atoms with Gasteiger partial charge < -0.3 is 5.32 Å². The van der Waals surface area contributed by atoms with Gasteiger partial charge in [0.25, 0.3) is 0 Å². The Balaban J connectivity index is 2.01. The van der Waals surface area contributed by atoms with Crippen molar-refractivity contribution in [1.82, 2.24) is 4.90 Å². The number of fused-ring (bicyclic) bond motifs is 2. The van der Waals surface area contributed by atoms with Crippen molar-refractivity contribution >= 4 is 11.6 Å². The van der Waals surface area contributed by atoms with Crippen molar-refractivity contribution in [2.24, 2.45) is 0 Å². The number of anilines is 1. The summed E-state index contributed by atoms with van der Waals surface area (Å²) >= 11 is 0. The summed E-state index contributed by atoms with van der Waals surface area (Å²) in [5.41, 5.74) is 2.20. The maximum atomic E-state index is 11.7. The van der Waals surface area contributed by atoms with Crippen LogP contribution in [0.15, 0.2) is 24.3 Å². The number of amides is 1. The van der Waals surface area contributed by atoms with E-state index in [4.69, 9.17) is 0 Å². The molecule has 0 aromatic heterocycles. The third-order valence-corrected chi connectivity index (χ3v) is 3.08. The van der Waals surface area contributed by atoms with Crippen LogP contribution in [0.2, 0.25) is 0 Å². The average Bonchev–Trinajstić information content (AvgIpc) is 2.22. The lowest BCUT2D eigenvalue weighted by atomic mass is 10.0. The molecule has 0 unspecified atom stereocenters. The zero-order chi connectivity index (χ0) is 9.54. The number of benzene rings is 1. The number of hydrogen-bond acceptors (Lipinski definition) is 2. The van der Waals surface area contributed by atoms with Gasteiger partial charge in [-0.05, 0) is 18.1 Å². The monoisotopic (exact) mass is 188 g/mol. The number of rotatable bonds is 0. The fraction of sp³-hybridized carbons (Fsp3) is 0.364. The fourth-order valence-corrected chi connectivity index (χ4v) is 2.14. The number of hydrogen-bond donors (Lipinski definition) is 1. The largest absolute Gasteiger partial charge is 0.324 e. The topological polar surface area (TPSA) is 32.3 Å². The molecule has 3 rings (SSSR count). The van der Waals surface area contributed by atoms with Gasteiger partial charge in [-0.2, -0.15) is 0 Å². The van der Waals surface area contributed by atoms with E-state index >= 15 is 0 Å². The summed E-state index contributed by atoms with van der Waals surface area (Å²) in [6, 6.07) is 8.14. The second-order valence-corrected chi connectivity index (χ2v) is 3.92. The van der Waals surface area contributed by atoms with E-state index in [1.54, 1.807) is 0 Å². The van der Waals surface area contributed by atoms with Crippen LogP contribution in [0.5, 0.6) is 0 Å². The summed E-state index contributed by atoms with van der Waals surface area (Å²) in [4.78, 5) is 13.9. The Morgan fingerprint density at radius 3 is 3.00 bits per heavy atom. The zero-order valence-electron chi connectivity index (χ0n) is 7.86. The summed E-state index contributed by atoms with van der Waals surface area (Å²) < 4.78 is 0. The van der Waals surface area contributed by atoms with Crippen LogP contribution in [0.25, 0.3) is 0 Å². The molecule has 0 bridgehead atoms. The van der Waals surface area contributed by atoms with Gasteiger partial charge in [-0.3, -0.25) is 9.69 Å². The van der Waals surface area contributed by atoms with Crippen molar-refractivity contribution < 1.29 is 4.79 Å². The minimum Gasteiger partial charge on any atom is -0.324 e. The van der Waals surface area contributed by atoms with Crippen molar-refractivity contribution in [2.75, 3.05) is 11.9 Å². The van der Waals surface area contributed by atoms with Crippen LogP contribution in [-0.4, -0.2) is 23.4 Å². The maximum Gasteiger partial charge on any atom is 0.241 e. The Labute approximate surface area is 82.7 Å². The molecule has 3 nitrogen and oxygen atoms in total. The van der Waals surface area contributed by atoms with Crippen LogP contribution >= 0.6 is 0 Å². The molecule has 1 atom stereocenters. The Bertz CT molecular complexity index is 389. The minimum absolute atomic E-state index is 0.113. The van der Waals surface area contributed by atoms with E-state index in [1.807, 2.05) is 18.2 Å². The van der Waals surface area contributed by atoms with Gasteiger partial charge in [0.05, 0.1) is 6.04 Å². The van der Waals surface area contributed by atoms with Crippen LogP contribution in [0.1, 0.15) is 12.0 Å². The van der Waals surface area contributed by atoms with Crippen molar-refractivity contribution in [1.29, 1.82) is 0 Å². The lowest BCUT2D eigenvalue weighted by Gasteiger charge is -2.37. The molecule has 72 valence electrons. The molecule has 14 heavy (non-hydrogen) atoms. The SMILES string of the molecule is O=C1Nc2ccccc2CN2CC[C@@H]12. The molecular formula is C11H12N2O. The maximum absolute atomic E-state index is 11.7. The summed E-state index contributed by atoms with van der Waals surface area (Å²) in [6.45, 7) is 1.95. The van der Waals surface area contributed by atoms with Crippen molar-refractivity contribution in [2.45, 2.75) is 19.0 Å². The van der Waals surface area contributed by atoms with Crippen LogP contribution in [0.4, 0.5) is 5.69 Å². The summed E-state index contributed by atoms with van der Waals surface area (Å²) in [7, 11) is 0. The molecule has 0 spiro atoms. The van der Waals surface area contributed by atoms with E-state index in [9.17, 15) is 4.79 Å². The Kier molecular flexibility index (Phi) is 1.61. The van der Waals surface area contributed by atoms with Gasteiger partial charge in [-0.1, -0.05) is 18.2 Å². The smallest absolute Gasteiger partial charge is 0.241 e. The van der Waals surface area contributed by atoms with Gasteiger partial charge in [0, 0.05) is 18.8 Å². The van der Waals surface area contributed by atoms with Gasteiger partial charge in [-0.15, -0.1) is 0 Å². The molecule has 1 amide bonds. The highest BCUT2D eigenvalue weighted by Gasteiger charge is 2.36. The molecule has 0 aliphatic carbocycles. The Morgan fingerprint density at radius 2 is 2.21 bits per heavy atom. The molecule has 1 aromatic rings. The first kappa shape index (κ1) is 8.00. The molecule has 1 saturated heterocycles. The predicted molar refractivity (Wildman–Crippen MR) is 53.9 cm³/mol. The van der Waals surface area contributed by atoms with Gasteiger partial charge >= 0.3 is 0 Å². The second kappa shape index (κ2) is 2.82. The highest BCUT2D eigenvalue weighted by molar-refractivity contribution is 5.96. The zero-order valence-corrected chi connectivity index (χ0v) is 7.86. The van der Waals surface area contributed by atoms with Crippen LogP contribution in [0, 0.1) is 0 Å². The first-order valence-electron chi connectivity index (χ1n) is 4.97. The van der Waals surface area contributed by atoms with Crippen LogP contribution in [-0.2, 0) is 11.3 Å². The van der Waals surface area contributed by atoms with Crippen molar-refractivity contribution in [3.63, 3.8) is 0 Å². The van der Waals surface area contributed by atoms with Crippen molar-refractivity contribution in [3.8, 4) is 0 Å². The first-order chi connectivity index (χ1) is 6.84. The molecule has 2 heterocycles. The van der Waals surface area contributed by atoms with E-state index in [0.29, 0.717) is 0 Å². The second-order valence-electron chi connectivity index (χ2n) is 3.92. The molecule has 1 fully saturated rings. The molecular weight excluding hydrogens is 176 g/mol. The van der Waals surface area contributed by atoms with E-state index in [0.717, 1.165) is 25.2 Å². The Morgan fingerprint density at radius 1 is 1.36 bits per heavy atom. The highest BCUT2D eigenvalue weighted by atomic mass is 16.2. The normalized spacial score (nSPS) is 25.4. The standard InChI is InChI=1S/C11H12N2O/c14-11-10-5-6-13(10)7-8-3-1-2-4-9(8)12-11/h1-4,10H,5-7H2,(H,12,14)/t10-/m0/s1. The molecule has 2 aliphatic heterocycles. The van der Waals surface area contributed by atoms with Gasteiger partial charge in [0.15, 0.2) is 0 Å². The average molecular weight is 188 g/mol. The molecule has 1 aromatic carbocycles. The molecule has 0 radical (unpaired) electrons. The van der Waals surface area contributed by atoms with Gasteiger partial charge in [-0.25, -0.2) is 0 Å². The molecule has 0 saturated carbocycles.